The van der Waals surface area contributed by atoms with Crippen LogP contribution in [0.25, 0.3) is 10.8 Å². The summed E-state index contributed by atoms with van der Waals surface area (Å²) >= 11 is 0. The summed E-state index contributed by atoms with van der Waals surface area (Å²) in [6.07, 6.45) is 3.96. The topological polar surface area (TPSA) is 80.1 Å². The lowest BCUT2D eigenvalue weighted by Crippen LogP contribution is -2.29. The molecule has 110 valence electrons. The SMILES string of the molecule is Cc1cc2c(NCC3CCCN3)ccc([N+](=O)[O-])c2cn1. The molecule has 2 N–H and O–H groups in total. The molecule has 0 saturated carbocycles. The minimum Gasteiger partial charge on any atom is -0.383 e. The molecule has 0 aliphatic carbocycles. The van der Waals surface area contributed by atoms with Gasteiger partial charge in [0.2, 0.25) is 0 Å². The third kappa shape index (κ3) is 2.80. The molecule has 1 saturated heterocycles. The summed E-state index contributed by atoms with van der Waals surface area (Å²) in [6, 6.07) is 5.70. The molecule has 1 fully saturated rings. The number of anilines is 1. The van der Waals surface area contributed by atoms with Gasteiger partial charge in [-0.05, 0) is 38.4 Å². The molecule has 6 heteroatoms. The number of fused-ring (bicyclic) bond motifs is 1. The van der Waals surface area contributed by atoms with Crippen molar-refractivity contribution in [1.82, 2.24) is 10.3 Å². The van der Waals surface area contributed by atoms with Crippen LogP contribution in [0.4, 0.5) is 11.4 Å². The fourth-order valence-electron chi connectivity index (χ4n) is 2.81. The summed E-state index contributed by atoms with van der Waals surface area (Å²) in [4.78, 5) is 15.0. The standard InChI is InChI=1S/C15H18N4O2/c1-10-7-12-13(9-17-10)15(19(20)21)5-4-14(12)18-8-11-3-2-6-16-11/h4-5,7,9,11,16,18H,2-3,6,8H2,1H3. The average molecular weight is 286 g/mol. The number of pyridine rings is 1. The van der Waals surface area contributed by atoms with E-state index in [1.807, 2.05) is 13.0 Å². The number of nitro groups is 1. The van der Waals surface area contributed by atoms with Gasteiger partial charge in [0.1, 0.15) is 0 Å². The van der Waals surface area contributed by atoms with Crippen LogP contribution in [-0.2, 0) is 0 Å². The maximum absolute atomic E-state index is 11.1. The first-order valence-electron chi connectivity index (χ1n) is 7.16. The van der Waals surface area contributed by atoms with Crippen LogP contribution in [0.2, 0.25) is 0 Å². The second-order valence-corrected chi connectivity index (χ2v) is 5.43. The molecule has 1 aromatic heterocycles. The molecule has 0 spiro atoms. The smallest absolute Gasteiger partial charge is 0.278 e. The van der Waals surface area contributed by atoms with E-state index in [-0.39, 0.29) is 10.6 Å². The second-order valence-electron chi connectivity index (χ2n) is 5.43. The van der Waals surface area contributed by atoms with Crippen molar-refractivity contribution in [2.75, 3.05) is 18.4 Å². The normalized spacial score (nSPS) is 18.0. The number of aromatic nitrogens is 1. The van der Waals surface area contributed by atoms with Crippen LogP contribution >= 0.6 is 0 Å². The molecular formula is C15H18N4O2. The van der Waals surface area contributed by atoms with E-state index in [1.165, 1.54) is 12.8 Å². The minimum atomic E-state index is -0.359. The Morgan fingerprint density at radius 3 is 3.05 bits per heavy atom. The molecule has 0 radical (unpaired) electrons. The highest BCUT2D eigenvalue weighted by Gasteiger charge is 2.17. The van der Waals surface area contributed by atoms with Gasteiger partial charge in [0.25, 0.3) is 5.69 Å². The molecule has 1 aliphatic rings. The Kier molecular flexibility index (Phi) is 3.70. The first-order chi connectivity index (χ1) is 10.1. The summed E-state index contributed by atoms with van der Waals surface area (Å²) in [7, 11) is 0. The van der Waals surface area contributed by atoms with E-state index >= 15 is 0 Å². The molecule has 21 heavy (non-hydrogen) atoms. The molecule has 3 rings (SSSR count). The zero-order valence-electron chi connectivity index (χ0n) is 11.9. The molecule has 2 aromatic rings. The highest BCUT2D eigenvalue weighted by Crippen LogP contribution is 2.31. The summed E-state index contributed by atoms with van der Waals surface area (Å²) in [5.74, 6) is 0. The summed E-state index contributed by atoms with van der Waals surface area (Å²) in [5, 5.41) is 19.4. The van der Waals surface area contributed by atoms with E-state index in [0.29, 0.717) is 11.4 Å². The van der Waals surface area contributed by atoms with Crippen molar-refractivity contribution < 1.29 is 4.92 Å². The first-order valence-corrected chi connectivity index (χ1v) is 7.16. The predicted molar refractivity (Wildman–Crippen MR) is 82.6 cm³/mol. The Morgan fingerprint density at radius 1 is 1.48 bits per heavy atom. The molecule has 0 bridgehead atoms. The van der Waals surface area contributed by atoms with Gasteiger partial charge in [0.15, 0.2) is 0 Å². The molecule has 6 nitrogen and oxygen atoms in total. The minimum absolute atomic E-state index is 0.0991. The Labute approximate surface area is 122 Å². The molecular weight excluding hydrogens is 268 g/mol. The van der Waals surface area contributed by atoms with Crippen LogP contribution < -0.4 is 10.6 Å². The van der Waals surface area contributed by atoms with Crippen molar-refractivity contribution in [3.63, 3.8) is 0 Å². The Bertz CT molecular complexity index is 681. The molecule has 0 amide bonds. The molecule has 2 heterocycles. The van der Waals surface area contributed by atoms with Crippen LogP contribution in [0.5, 0.6) is 0 Å². The zero-order chi connectivity index (χ0) is 14.8. The van der Waals surface area contributed by atoms with Gasteiger partial charge < -0.3 is 10.6 Å². The van der Waals surface area contributed by atoms with E-state index in [0.717, 1.165) is 29.9 Å². The van der Waals surface area contributed by atoms with Crippen LogP contribution in [-0.4, -0.2) is 29.0 Å². The van der Waals surface area contributed by atoms with Gasteiger partial charge in [0, 0.05) is 41.6 Å². The van der Waals surface area contributed by atoms with E-state index in [9.17, 15) is 10.1 Å². The maximum atomic E-state index is 11.1. The van der Waals surface area contributed by atoms with Crippen molar-refractivity contribution in [1.29, 1.82) is 0 Å². The number of benzene rings is 1. The quantitative estimate of drug-likeness (QED) is 0.667. The number of nitrogens with zero attached hydrogens (tertiary/aromatic N) is 2. The van der Waals surface area contributed by atoms with Crippen molar-refractivity contribution >= 4 is 22.1 Å². The summed E-state index contributed by atoms with van der Waals surface area (Å²) in [6.45, 7) is 3.78. The Morgan fingerprint density at radius 2 is 2.33 bits per heavy atom. The van der Waals surface area contributed by atoms with Gasteiger partial charge in [-0.25, -0.2) is 0 Å². The number of hydrogen-bond acceptors (Lipinski definition) is 5. The van der Waals surface area contributed by atoms with Crippen molar-refractivity contribution in [3.8, 4) is 0 Å². The number of rotatable bonds is 4. The zero-order valence-corrected chi connectivity index (χ0v) is 11.9. The number of non-ortho nitro benzene ring substituents is 1. The monoisotopic (exact) mass is 286 g/mol. The highest BCUT2D eigenvalue weighted by atomic mass is 16.6. The van der Waals surface area contributed by atoms with Crippen LogP contribution in [0.3, 0.4) is 0 Å². The predicted octanol–water partition coefficient (Wildman–Crippen LogP) is 2.62. The molecule has 1 unspecified atom stereocenters. The second kappa shape index (κ2) is 5.65. The van der Waals surface area contributed by atoms with E-state index in [1.54, 1.807) is 18.3 Å². The maximum Gasteiger partial charge on any atom is 0.278 e. The van der Waals surface area contributed by atoms with Gasteiger partial charge in [0.05, 0.1) is 10.3 Å². The van der Waals surface area contributed by atoms with Gasteiger partial charge in [-0.15, -0.1) is 0 Å². The largest absolute Gasteiger partial charge is 0.383 e. The first kappa shape index (κ1) is 13.8. The third-order valence-electron chi connectivity index (χ3n) is 3.91. The third-order valence-corrected chi connectivity index (χ3v) is 3.91. The number of nitrogens with one attached hydrogen (secondary N) is 2. The summed E-state index contributed by atoms with van der Waals surface area (Å²) < 4.78 is 0. The lowest BCUT2D eigenvalue weighted by Gasteiger charge is -2.14. The van der Waals surface area contributed by atoms with E-state index < -0.39 is 0 Å². The van der Waals surface area contributed by atoms with Crippen LogP contribution in [0, 0.1) is 17.0 Å². The summed E-state index contributed by atoms with van der Waals surface area (Å²) in [5.41, 5.74) is 1.88. The fraction of sp³-hybridized carbons (Fsp3) is 0.400. The fourth-order valence-corrected chi connectivity index (χ4v) is 2.81. The molecule has 1 aliphatic heterocycles. The van der Waals surface area contributed by atoms with Crippen molar-refractivity contribution in [3.05, 3.63) is 40.2 Å². The van der Waals surface area contributed by atoms with Crippen molar-refractivity contribution in [2.24, 2.45) is 0 Å². The van der Waals surface area contributed by atoms with Crippen molar-refractivity contribution in [2.45, 2.75) is 25.8 Å². The van der Waals surface area contributed by atoms with Gasteiger partial charge >= 0.3 is 0 Å². The number of hydrogen-bond donors (Lipinski definition) is 2. The van der Waals surface area contributed by atoms with E-state index in [4.69, 9.17) is 0 Å². The average Bonchev–Trinajstić information content (AvgIpc) is 2.97. The molecule has 1 atom stereocenters. The highest BCUT2D eigenvalue weighted by molar-refractivity contribution is 5.99. The number of nitro benzene ring substituents is 1. The Balaban J connectivity index is 1.96. The van der Waals surface area contributed by atoms with Gasteiger partial charge in [-0.1, -0.05) is 0 Å². The number of aryl methyl sites for hydroxylation is 1. The van der Waals surface area contributed by atoms with Gasteiger partial charge in [-0.3, -0.25) is 15.1 Å². The Hall–Kier alpha value is -2.21. The van der Waals surface area contributed by atoms with E-state index in [2.05, 4.69) is 15.6 Å². The van der Waals surface area contributed by atoms with Gasteiger partial charge in [-0.2, -0.15) is 0 Å². The molecule has 1 aromatic carbocycles. The lowest BCUT2D eigenvalue weighted by atomic mass is 10.1. The van der Waals surface area contributed by atoms with Crippen LogP contribution in [0.1, 0.15) is 18.5 Å². The van der Waals surface area contributed by atoms with Crippen LogP contribution in [0.15, 0.2) is 24.4 Å². The lowest BCUT2D eigenvalue weighted by molar-refractivity contribution is -0.383.